The van der Waals surface area contributed by atoms with Crippen molar-refractivity contribution >= 4 is 21.6 Å². The minimum Gasteiger partial charge on any atom is -0.333 e. The fraction of sp³-hybridized carbons (Fsp3) is 0.357. The predicted molar refractivity (Wildman–Crippen MR) is 79.7 cm³/mol. The van der Waals surface area contributed by atoms with Crippen LogP contribution in [0.25, 0.3) is 0 Å². The first-order valence-electron chi connectivity index (χ1n) is 6.02. The molecule has 0 unspecified atom stereocenters. The number of amides is 1. The van der Waals surface area contributed by atoms with Crippen LogP contribution in [0.2, 0.25) is 0 Å². The normalized spacial score (nSPS) is 12.3. The fourth-order valence-electron chi connectivity index (χ4n) is 1.91. The molecule has 0 heterocycles. The van der Waals surface area contributed by atoms with Crippen molar-refractivity contribution in [3.05, 3.63) is 30.3 Å². The van der Waals surface area contributed by atoms with Gasteiger partial charge in [0.25, 0.3) is 0 Å². The molecule has 0 saturated carbocycles. The van der Waals surface area contributed by atoms with E-state index in [1.54, 1.807) is 44.3 Å². The lowest BCUT2D eigenvalue weighted by molar-refractivity contribution is -0.130. The Morgan fingerprint density at radius 2 is 1.90 bits per heavy atom. The average molecular weight is 294 g/mol. The van der Waals surface area contributed by atoms with E-state index in [2.05, 4.69) is 5.92 Å². The van der Waals surface area contributed by atoms with E-state index in [4.69, 9.17) is 6.42 Å². The molecule has 0 aliphatic rings. The molecule has 1 atom stereocenters. The van der Waals surface area contributed by atoms with Crippen molar-refractivity contribution in [3.8, 4) is 12.3 Å². The molecule has 6 heteroatoms. The largest absolute Gasteiger partial charge is 0.333 e. The highest BCUT2D eigenvalue weighted by atomic mass is 32.2. The maximum absolute atomic E-state index is 12.2. The molecule has 0 spiro atoms. The van der Waals surface area contributed by atoms with Crippen molar-refractivity contribution in [1.29, 1.82) is 0 Å². The Balaban J connectivity index is 3.15. The first-order chi connectivity index (χ1) is 9.29. The number of hydrogen-bond donors (Lipinski definition) is 0. The van der Waals surface area contributed by atoms with Crippen LogP contribution in [-0.2, 0) is 14.8 Å². The van der Waals surface area contributed by atoms with E-state index in [1.807, 2.05) is 0 Å². The number of rotatable bonds is 5. The Kier molecular flexibility index (Phi) is 5.17. The van der Waals surface area contributed by atoms with E-state index in [0.717, 1.165) is 10.6 Å². The lowest BCUT2D eigenvalue weighted by Crippen LogP contribution is -2.48. The number of hydrogen-bond acceptors (Lipinski definition) is 3. The lowest BCUT2D eigenvalue weighted by Gasteiger charge is -2.30. The SMILES string of the molecule is C#CCN(C)C(=O)[C@@H](C)N(c1ccccc1)S(C)(=O)=O. The molecular weight excluding hydrogens is 276 g/mol. The molecule has 0 N–H and O–H groups in total. The second-order valence-electron chi connectivity index (χ2n) is 4.47. The van der Waals surface area contributed by atoms with Gasteiger partial charge < -0.3 is 4.90 Å². The Morgan fingerprint density at radius 1 is 1.35 bits per heavy atom. The quantitative estimate of drug-likeness (QED) is 0.759. The maximum Gasteiger partial charge on any atom is 0.246 e. The number of para-hydroxylation sites is 1. The third-order valence-corrected chi connectivity index (χ3v) is 4.02. The first kappa shape index (κ1) is 16.1. The summed E-state index contributed by atoms with van der Waals surface area (Å²) in [6.07, 6.45) is 6.24. The molecule has 0 aromatic heterocycles. The van der Waals surface area contributed by atoms with Crippen LogP contribution in [0.5, 0.6) is 0 Å². The molecule has 5 nitrogen and oxygen atoms in total. The fourth-order valence-corrected chi connectivity index (χ4v) is 3.08. The zero-order valence-corrected chi connectivity index (χ0v) is 12.6. The van der Waals surface area contributed by atoms with Gasteiger partial charge in [0.05, 0.1) is 18.5 Å². The summed E-state index contributed by atoms with van der Waals surface area (Å²) in [5.74, 6) is 2.01. The van der Waals surface area contributed by atoms with Crippen LogP contribution in [0.3, 0.4) is 0 Å². The van der Waals surface area contributed by atoms with Crippen molar-refractivity contribution in [2.75, 3.05) is 24.2 Å². The van der Waals surface area contributed by atoms with Crippen molar-refractivity contribution < 1.29 is 13.2 Å². The van der Waals surface area contributed by atoms with Crippen LogP contribution in [0, 0.1) is 12.3 Å². The molecule has 0 fully saturated rings. The number of likely N-dealkylation sites (N-methyl/N-ethyl adjacent to an activating group) is 1. The highest BCUT2D eigenvalue weighted by molar-refractivity contribution is 7.92. The number of carbonyl (C=O) groups is 1. The van der Waals surface area contributed by atoms with Crippen molar-refractivity contribution in [1.82, 2.24) is 4.90 Å². The van der Waals surface area contributed by atoms with E-state index in [1.165, 1.54) is 4.90 Å². The molecule has 0 bridgehead atoms. The van der Waals surface area contributed by atoms with Gasteiger partial charge in [-0.25, -0.2) is 8.42 Å². The van der Waals surface area contributed by atoms with Gasteiger partial charge >= 0.3 is 0 Å². The van der Waals surface area contributed by atoms with Crippen LogP contribution < -0.4 is 4.31 Å². The third-order valence-electron chi connectivity index (χ3n) is 2.78. The third kappa shape index (κ3) is 3.75. The van der Waals surface area contributed by atoms with E-state index >= 15 is 0 Å². The molecule has 0 aliphatic heterocycles. The van der Waals surface area contributed by atoms with Crippen molar-refractivity contribution in [2.45, 2.75) is 13.0 Å². The molecule has 0 aliphatic carbocycles. The van der Waals surface area contributed by atoms with E-state index in [-0.39, 0.29) is 12.5 Å². The van der Waals surface area contributed by atoms with Gasteiger partial charge in [-0.3, -0.25) is 9.10 Å². The molecule has 1 aromatic rings. The van der Waals surface area contributed by atoms with Crippen molar-refractivity contribution in [3.63, 3.8) is 0 Å². The zero-order chi connectivity index (χ0) is 15.3. The number of carbonyl (C=O) groups excluding carboxylic acids is 1. The summed E-state index contributed by atoms with van der Waals surface area (Å²) >= 11 is 0. The van der Waals surface area contributed by atoms with Gasteiger partial charge in [-0.2, -0.15) is 0 Å². The van der Waals surface area contributed by atoms with Gasteiger partial charge in [0.2, 0.25) is 15.9 Å². The number of benzene rings is 1. The number of anilines is 1. The minimum atomic E-state index is -3.58. The maximum atomic E-state index is 12.2. The zero-order valence-electron chi connectivity index (χ0n) is 11.8. The smallest absolute Gasteiger partial charge is 0.246 e. The molecule has 0 radical (unpaired) electrons. The van der Waals surface area contributed by atoms with Crippen molar-refractivity contribution in [2.24, 2.45) is 0 Å². The summed E-state index contributed by atoms with van der Waals surface area (Å²) in [5.41, 5.74) is 0.449. The van der Waals surface area contributed by atoms with E-state index < -0.39 is 16.1 Å². The monoisotopic (exact) mass is 294 g/mol. The number of nitrogens with zero attached hydrogens (tertiary/aromatic N) is 2. The van der Waals surface area contributed by atoms with Gasteiger partial charge in [0.15, 0.2) is 0 Å². The highest BCUT2D eigenvalue weighted by Gasteiger charge is 2.30. The second kappa shape index (κ2) is 6.44. The Labute approximate surface area is 120 Å². The number of terminal acetylenes is 1. The topological polar surface area (TPSA) is 57.7 Å². The Hall–Kier alpha value is -2.00. The summed E-state index contributed by atoms with van der Waals surface area (Å²) in [6, 6.07) is 7.65. The molecular formula is C14H18N2O3S. The average Bonchev–Trinajstić information content (AvgIpc) is 2.37. The number of sulfonamides is 1. The van der Waals surface area contributed by atoms with Gasteiger partial charge in [-0.15, -0.1) is 6.42 Å². The van der Waals surface area contributed by atoms with E-state index in [9.17, 15) is 13.2 Å². The molecule has 0 saturated heterocycles. The van der Waals surface area contributed by atoms with Crippen LogP contribution in [0.15, 0.2) is 30.3 Å². The highest BCUT2D eigenvalue weighted by Crippen LogP contribution is 2.20. The summed E-state index contributed by atoms with van der Waals surface area (Å²) in [6.45, 7) is 1.68. The summed E-state index contributed by atoms with van der Waals surface area (Å²) in [4.78, 5) is 13.5. The van der Waals surface area contributed by atoms with Gasteiger partial charge in [-0.1, -0.05) is 24.1 Å². The van der Waals surface area contributed by atoms with Gasteiger partial charge in [0.1, 0.15) is 6.04 Å². The minimum absolute atomic E-state index is 0.134. The molecule has 1 rings (SSSR count). The standard InChI is InChI=1S/C14H18N2O3S/c1-5-11-15(3)14(17)12(2)16(20(4,18)19)13-9-7-6-8-10-13/h1,6-10,12H,11H2,2-4H3/t12-/m1/s1. The van der Waals surface area contributed by atoms with Crippen LogP contribution in [-0.4, -0.2) is 45.1 Å². The Bertz CT molecular complexity index is 605. The predicted octanol–water partition coefficient (Wildman–Crippen LogP) is 0.933. The lowest BCUT2D eigenvalue weighted by atomic mass is 10.2. The summed E-state index contributed by atoms with van der Waals surface area (Å²) in [5, 5.41) is 0. The molecule has 1 aromatic carbocycles. The molecule has 20 heavy (non-hydrogen) atoms. The summed E-state index contributed by atoms with van der Waals surface area (Å²) in [7, 11) is -2.03. The van der Waals surface area contributed by atoms with Crippen LogP contribution in [0.1, 0.15) is 6.92 Å². The van der Waals surface area contributed by atoms with E-state index in [0.29, 0.717) is 5.69 Å². The van der Waals surface area contributed by atoms with Gasteiger partial charge in [0, 0.05) is 7.05 Å². The Morgan fingerprint density at radius 3 is 2.35 bits per heavy atom. The summed E-state index contributed by atoms with van der Waals surface area (Å²) < 4.78 is 25.0. The van der Waals surface area contributed by atoms with Crippen LogP contribution >= 0.6 is 0 Å². The second-order valence-corrected chi connectivity index (χ2v) is 6.33. The van der Waals surface area contributed by atoms with Gasteiger partial charge in [-0.05, 0) is 19.1 Å². The molecule has 1 amide bonds. The first-order valence-corrected chi connectivity index (χ1v) is 7.86. The molecule has 108 valence electrons. The van der Waals surface area contributed by atoms with Crippen LogP contribution in [0.4, 0.5) is 5.69 Å².